The van der Waals surface area contributed by atoms with E-state index in [1.165, 1.54) is 5.56 Å². The lowest BCUT2D eigenvalue weighted by Gasteiger charge is -2.23. The van der Waals surface area contributed by atoms with Crippen LogP contribution in [-0.2, 0) is 16.1 Å². The lowest BCUT2D eigenvalue weighted by Crippen LogP contribution is -2.36. The van der Waals surface area contributed by atoms with Gasteiger partial charge in [0, 0.05) is 32.0 Å². The topological polar surface area (TPSA) is 49.4 Å². The summed E-state index contributed by atoms with van der Waals surface area (Å²) >= 11 is 0. The van der Waals surface area contributed by atoms with Crippen molar-refractivity contribution in [3.8, 4) is 0 Å². The fraction of sp³-hybridized carbons (Fsp3) is 0.391. The lowest BCUT2D eigenvalue weighted by atomic mass is 9.88. The Kier molecular flexibility index (Phi) is 6.28. The predicted molar refractivity (Wildman–Crippen MR) is 107 cm³/mol. The summed E-state index contributed by atoms with van der Waals surface area (Å²) in [5.41, 5.74) is 2.33. The predicted octanol–water partition coefficient (Wildman–Crippen LogP) is 3.59. The summed E-state index contributed by atoms with van der Waals surface area (Å²) in [5.74, 6) is 0.480. The van der Waals surface area contributed by atoms with E-state index in [9.17, 15) is 9.59 Å². The number of likely N-dealkylation sites (tertiary alicyclic amines) is 1. The molecule has 0 aliphatic carbocycles. The molecule has 3 rings (SSSR count). The minimum Gasteiger partial charge on any atom is -0.355 e. The molecule has 1 aliphatic heterocycles. The van der Waals surface area contributed by atoms with Gasteiger partial charge in [0.05, 0.1) is 5.92 Å². The molecule has 4 heteroatoms. The van der Waals surface area contributed by atoms with E-state index >= 15 is 0 Å². The molecule has 0 saturated carbocycles. The molecule has 1 aliphatic rings. The van der Waals surface area contributed by atoms with Crippen LogP contribution in [0.3, 0.4) is 0 Å². The van der Waals surface area contributed by atoms with E-state index in [0.717, 1.165) is 5.56 Å². The maximum Gasteiger partial charge on any atom is 0.225 e. The number of hydrogen-bond acceptors (Lipinski definition) is 2. The van der Waals surface area contributed by atoms with Gasteiger partial charge in [0.2, 0.25) is 11.8 Å². The van der Waals surface area contributed by atoms with Crippen molar-refractivity contribution < 1.29 is 9.59 Å². The van der Waals surface area contributed by atoms with Gasteiger partial charge in [-0.15, -0.1) is 0 Å². The number of nitrogens with one attached hydrogen (secondary N) is 1. The molecule has 0 aromatic heterocycles. The Labute approximate surface area is 161 Å². The van der Waals surface area contributed by atoms with E-state index < -0.39 is 0 Å². The quantitative estimate of drug-likeness (QED) is 0.816. The minimum absolute atomic E-state index is 0.0134. The van der Waals surface area contributed by atoms with Crippen molar-refractivity contribution in [2.75, 3.05) is 13.1 Å². The molecule has 2 unspecified atom stereocenters. The van der Waals surface area contributed by atoms with Crippen LogP contribution in [0, 0.1) is 11.8 Å². The monoisotopic (exact) mass is 364 g/mol. The van der Waals surface area contributed by atoms with Crippen LogP contribution >= 0.6 is 0 Å². The molecule has 2 aromatic rings. The van der Waals surface area contributed by atoms with Gasteiger partial charge in [0.1, 0.15) is 0 Å². The molecular formula is C23H28N2O2. The Hall–Kier alpha value is -2.62. The molecule has 1 heterocycles. The fourth-order valence-electron chi connectivity index (χ4n) is 3.70. The number of benzene rings is 2. The average molecular weight is 364 g/mol. The van der Waals surface area contributed by atoms with Crippen molar-refractivity contribution in [1.29, 1.82) is 0 Å². The Morgan fingerprint density at radius 1 is 1.07 bits per heavy atom. The Morgan fingerprint density at radius 3 is 2.33 bits per heavy atom. The molecule has 2 aromatic carbocycles. The van der Waals surface area contributed by atoms with Crippen LogP contribution in [0.1, 0.15) is 37.3 Å². The Bertz CT molecular complexity index is 758. The highest BCUT2D eigenvalue weighted by Crippen LogP contribution is 2.24. The summed E-state index contributed by atoms with van der Waals surface area (Å²) in [7, 11) is 0. The van der Waals surface area contributed by atoms with Gasteiger partial charge in [-0.2, -0.15) is 0 Å². The second kappa shape index (κ2) is 8.85. The number of nitrogens with zero attached hydrogens (tertiary/aromatic N) is 1. The van der Waals surface area contributed by atoms with Crippen molar-refractivity contribution in [2.45, 2.75) is 32.7 Å². The number of carbonyl (C=O) groups excluding carboxylic acids is 2. The largest absolute Gasteiger partial charge is 0.355 e. The first kappa shape index (κ1) is 19.2. The third kappa shape index (κ3) is 4.97. The zero-order valence-corrected chi connectivity index (χ0v) is 16.1. The highest BCUT2D eigenvalue weighted by molar-refractivity contribution is 5.89. The van der Waals surface area contributed by atoms with Gasteiger partial charge >= 0.3 is 0 Å². The second-order valence-electron chi connectivity index (χ2n) is 7.67. The molecule has 1 N–H and O–H groups in total. The molecule has 0 bridgehead atoms. The summed E-state index contributed by atoms with van der Waals surface area (Å²) in [4.78, 5) is 26.8. The first-order valence-corrected chi connectivity index (χ1v) is 9.69. The third-order valence-electron chi connectivity index (χ3n) is 5.33. The lowest BCUT2D eigenvalue weighted by molar-refractivity contribution is -0.129. The van der Waals surface area contributed by atoms with Gasteiger partial charge < -0.3 is 10.2 Å². The van der Waals surface area contributed by atoms with Crippen LogP contribution < -0.4 is 5.32 Å². The summed E-state index contributed by atoms with van der Waals surface area (Å²) < 4.78 is 0. The van der Waals surface area contributed by atoms with Crippen molar-refractivity contribution in [2.24, 2.45) is 11.8 Å². The molecule has 2 atom stereocenters. The van der Waals surface area contributed by atoms with Crippen LogP contribution in [0.2, 0.25) is 0 Å². The van der Waals surface area contributed by atoms with Crippen LogP contribution in [0.25, 0.3) is 0 Å². The maximum absolute atomic E-state index is 12.7. The van der Waals surface area contributed by atoms with Crippen molar-refractivity contribution in [3.63, 3.8) is 0 Å². The van der Waals surface area contributed by atoms with Gasteiger partial charge in [-0.05, 0) is 17.0 Å². The Balaban J connectivity index is 1.56. The standard InChI is InChI=1S/C23H28N2O2/c1-17(2)21(19-11-7-4-8-12-19)14-24-23(27)20-13-22(26)25(16-20)15-18-9-5-3-6-10-18/h3-12,17,20-21H,13-16H2,1-2H3,(H,24,27). The smallest absolute Gasteiger partial charge is 0.225 e. The number of carbonyl (C=O) groups is 2. The van der Waals surface area contributed by atoms with Gasteiger partial charge in [-0.25, -0.2) is 0 Å². The molecule has 4 nitrogen and oxygen atoms in total. The molecule has 0 radical (unpaired) electrons. The average Bonchev–Trinajstić information content (AvgIpc) is 3.04. The highest BCUT2D eigenvalue weighted by atomic mass is 16.2. The molecule has 0 spiro atoms. The van der Waals surface area contributed by atoms with Gasteiger partial charge in [-0.3, -0.25) is 9.59 Å². The second-order valence-corrected chi connectivity index (χ2v) is 7.67. The first-order valence-electron chi connectivity index (χ1n) is 9.69. The molecule has 2 amide bonds. The highest BCUT2D eigenvalue weighted by Gasteiger charge is 2.34. The molecule has 1 fully saturated rings. The molecular weight excluding hydrogens is 336 g/mol. The third-order valence-corrected chi connectivity index (χ3v) is 5.33. The van der Waals surface area contributed by atoms with Gasteiger partial charge in [0.25, 0.3) is 0 Å². The van der Waals surface area contributed by atoms with E-state index in [1.807, 2.05) is 48.5 Å². The van der Waals surface area contributed by atoms with E-state index in [2.05, 4.69) is 31.3 Å². The molecule has 27 heavy (non-hydrogen) atoms. The van der Waals surface area contributed by atoms with Crippen LogP contribution in [0.4, 0.5) is 0 Å². The first-order chi connectivity index (χ1) is 13.0. The summed E-state index contributed by atoms with van der Waals surface area (Å²) in [6, 6.07) is 20.2. The Morgan fingerprint density at radius 2 is 1.70 bits per heavy atom. The summed E-state index contributed by atoms with van der Waals surface area (Å²) in [6.45, 7) is 6.01. The zero-order chi connectivity index (χ0) is 19.2. The summed E-state index contributed by atoms with van der Waals surface area (Å²) in [5, 5.41) is 3.09. The summed E-state index contributed by atoms with van der Waals surface area (Å²) in [6.07, 6.45) is 0.302. The van der Waals surface area contributed by atoms with E-state index in [-0.39, 0.29) is 23.7 Å². The number of amides is 2. The van der Waals surface area contributed by atoms with Gasteiger partial charge in [-0.1, -0.05) is 74.5 Å². The van der Waals surface area contributed by atoms with Crippen LogP contribution in [-0.4, -0.2) is 29.8 Å². The SMILES string of the molecule is CC(C)C(CNC(=O)C1CC(=O)N(Cc2ccccc2)C1)c1ccccc1. The fourth-order valence-corrected chi connectivity index (χ4v) is 3.70. The van der Waals surface area contributed by atoms with Crippen molar-refractivity contribution in [3.05, 3.63) is 71.8 Å². The maximum atomic E-state index is 12.7. The van der Waals surface area contributed by atoms with E-state index in [4.69, 9.17) is 0 Å². The minimum atomic E-state index is -0.259. The number of hydrogen-bond donors (Lipinski definition) is 1. The normalized spacial score (nSPS) is 18.0. The number of rotatable bonds is 7. The van der Waals surface area contributed by atoms with Gasteiger partial charge in [0.15, 0.2) is 0 Å². The van der Waals surface area contributed by atoms with Crippen molar-refractivity contribution >= 4 is 11.8 Å². The van der Waals surface area contributed by atoms with Crippen LogP contribution in [0.15, 0.2) is 60.7 Å². The van der Waals surface area contributed by atoms with E-state index in [0.29, 0.717) is 32.0 Å². The zero-order valence-electron chi connectivity index (χ0n) is 16.1. The van der Waals surface area contributed by atoms with E-state index in [1.54, 1.807) is 4.90 Å². The molecule has 142 valence electrons. The van der Waals surface area contributed by atoms with Crippen LogP contribution in [0.5, 0.6) is 0 Å². The molecule has 1 saturated heterocycles. The van der Waals surface area contributed by atoms with Crippen molar-refractivity contribution in [1.82, 2.24) is 10.2 Å².